The first-order valence-corrected chi connectivity index (χ1v) is 7.59. The van der Waals surface area contributed by atoms with E-state index < -0.39 is 0 Å². The molecule has 4 nitrogen and oxygen atoms in total. The van der Waals surface area contributed by atoms with Gasteiger partial charge in [0.25, 0.3) is 0 Å². The van der Waals surface area contributed by atoms with E-state index in [1.807, 2.05) is 24.4 Å². The third kappa shape index (κ3) is 2.30. The van der Waals surface area contributed by atoms with Gasteiger partial charge in [-0.2, -0.15) is 0 Å². The van der Waals surface area contributed by atoms with Crippen LogP contribution in [0.3, 0.4) is 0 Å². The van der Waals surface area contributed by atoms with E-state index in [9.17, 15) is 0 Å². The van der Waals surface area contributed by atoms with Crippen LogP contribution in [-0.2, 0) is 6.42 Å². The average molecular weight is 287 g/mol. The van der Waals surface area contributed by atoms with Crippen LogP contribution < -0.4 is 10.5 Å². The fraction of sp³-hybridized carbons (Fsp3) is 0.267. The summed E-state index contributed by atoms with van der Waals surface area (Å²) >= 11 is 1.64. The van der Waals surface area contributed by atoms with Crippen molar-refractivity contribution < 1.29 is 4.74 Å². The molecule has 0 saturated heterocycles. The molecule has 0 aliphatic carbocycles. The van der Waals surface area contributed by atoms with Gasteiger partial charge in [-0.15, -0.1) is 11.3 Å². The van der Waals surface area contributed by atoms with Gasteiger partial charge in [-0.25, -0.2) is 4.98 Å². The van der Waals surface area contributed by atoms with E-state index in [1.54, 1.807) is 11.3 Å². The van der Waals surface area contributed by atoms with Crippen molar-refractivity contribution in [2.24, 2.45) is 5.73 Å². The molecule has 0 aliphatic rings. The Hall–Kier alpha value is -1.85. The van der Waals surface area contributed by atoms with Gasteiger partial charge in [-0.1, -0.05) is 0 Å². The number of imidazole rings is 1. The second-order valence-corrected chi connectivity index (χ2v) is 5.33. The molecule has 0 radical (unpaired) electrons. The Morgan fingerprint density at radius 3 is 2.80 bits per heavy atom. The van der Waals surface area contributed by atoms with Gasteiger partial charge in [0.05, 0.1) is 18.0 Å². The minimum absolute atomic E-state index is 0.619. The molecule has 2 heterocycles. The van der Waals surface area contributed by atoms with Crippen LogP contribution in [0.25, 0.3) is 16.2 Å². The molecule has 3 rings (SSSR count). The van der Waals surface area contributed by atoms with Crippen molar-refractivity contribution in [3.8, 4) is 17.0 Å². The summed E-state index contributed by atoms with van der Waals surface area (Å²) in [4.78, 5) is 5.73. The highest BCUT2D eigenvalue weighted by atomic mass is 32.1. The summed E-state index contributed by atoms with van der Waals surface area (Å²) in [7, 11) is 0. The zero-order valence-electron chi connectivity index (χ0n) is 11.4. The van der Waals surface area contributed by atoms with Crippen LogP contribution in [0.5, 0.6) is 5.75 Å². The maximum Gasteiger partial charge on any atom is 0.194 e. The van der Waals surface area contributed by atoms with E-state index >= 15 is 0 Å². The number of thiazole rings is 1. The monoisotopic (exact) mass is 287 g/mol. The van der Waals surface area contributed by atoms with Gasteiger partial charge < -0.3 is 10.5 Å². The van der Waals surface area contributed by atoms with Crippen LogP contribution in [0.15, 0.2) is 35.8 Å². The van der Waals surface area contributed by atoms with Crippen LogP contribution in [0.2, 0.25) is 0 Å². The number of aromatic nitrogens is 2. The fourth-order valence-corrected chi connectivity index (χ4v) is 3.05. The summed E-state index contributed by atoms with van der Waals surface area (Å²) < 4.78 is 7.60. The fourth-order valence-electron chi connectivity index (χ4n) is 2.32. The molecule has 1 aromatic carbocycles. The van der Waals surface area contributed by atoms with Crippen LogP contribution in [-0.4, -0.2) is 22.5 Å². The maximum atomic E-state index is 5.73. The molecule has 0 fully saturated rings. The van der Waals surface area contributed by atoms with Crippen LogP contribution in [0.1, 0.15) is 12.6 Å². The number of benzene rings is 1. The van der Waals surface area contributed by atoms with Crippen molar-refractivity contribution in [2.45, 2.75) is 13.3 Å². The molecule has 0 spiro atoms. The van der Waals surface area contributed by atoms with Gasteiger partial charge in [-0.05, 0) is 37.7 Å². The molecule has 3 aromatic rings. The molecule has 0 amide bonds. The Morgan fingerprint density at radius 2 is 2.10 bits per heavy atom. The second kappa shape index (κ2) is 5.64. The van der Waals surface area contributed by atoms with Crippen molar-refractivity contribution in [2.75, 3.05) is 13.2 Å². The van der Waals surface area contributed by atoms with Gasteiger partial charge in [0.15, 0.2) is 4.96 Å². The number of nitrogens with two attached hydrogens (primary N) is 1. The lowest BCUT2D eigenvalue weighted by Crippen LogP contribution is -2.05. The lowest BCUT2D eigenvalue weighted by Gasteiger charge is -2.05. The molecule has 5 heteroatoms. The van der Waals surface area contributed by atoms with Crippen molar-refractivity contribution >= 4 is 16.3 Å². The third-order valence-electron chi connectivity index (χ3n) is 3.18. The molecule has 0 saturated carbocycles. The highest BCUT2D eigenvalue weighted by Gasteiger charge is 2.14. The Kier molecular flexibility index (Phi) is 3.71. The van der Waals surface area contributed by atoms with E-state index in [0.29, 0.717) is 13.2 Å². The Morgan fingerprint density at radius 1 is 1.30 bits per heavy atom. The summed E-state index contributed by atoms with van der Waals surface area (Å²) in [6, 6.07) is 8.08. The summed E-state index contributed by atoms with van der Waals surface area (Å²) in [6.45, 7) is 3.28. The van der Waals surface area contributed by atoms with Gasteiger partial charge in [0.1, 0.15) is 5.75 Å². The van der Waals surface area contributed by atoms with E-state index in [4.69, 9.17) is 15.5 Å². The van der Waals surface area contributed by atoms with Crippen LogP contribution >= 0.6 is 11.3 Å². The molecule has 2 aromatic heterocycles. The SMILES string of the molecule is CCOc1ccc(-c2nc3sccn3c2CCN)cc1. The smallest absolute Gasteiger partial charge is 0.194 e. The standard InChI is InChI=1S/C15H17N3OS/c1-2-19-12-5-3-11(4-6-12)14-13(7-8-16)18-9-10-20-15(18)17-14/h3-6,9-10H,2,7-8,16H2,1H3. The topological polar surface area (TPSA) is 52.5 Å². The van der Waals surface area contributed by atoms with Gasteiger partial charge >= 0.3 is 0 Å². The second-order valence-electron chi connectivity index (χ2n) is 4.46. The lowest BCUT2D eigenvalue weighted by molar-refractivity contribution is 0.340. The molecule has 0 bridgehead atoms. The van der Waals surface area contributed by atoms with Crippen molar-refractivity contribution in [3.05, 3.63) is 41.5 Å². The first-order chi connectivity index (χ1) is 9.83. The van der Waals surface area contributed by atoms with Crippen LogP contribution in [0, 0.1) is 0 Å². The Balaban J connectivity index is 2.03. The first-order valence-electron chi connectivity index (χ1n) is 6.71. The van der Waals surface area contributed by atoms with Crippen molar-refractivity contribution in [3.63, 3.8) is 0 Å². The third-order valence-corrected chi connectivity index (χ3v) is 3.94. The summed E-state index contributed by atoms with van der Waals surface area (Å²) in [5, 5.41) is 2.05. The molecular formula is C15H17N3OS. The number of hydrogen-bond donors (Lipinski definition) is 1. The van der Waals surface area contributed by atoms with Gasteiger partial charge in [0.2, 0.25) is 0 Å². The predicted molar refractivity (Wildman–Crippen MR) is 82.4 cm³/mol. The number of ether oxygens (including phenoxy) is 1. The lowest BCUT2D eigenvalue weighted by atomic mass is 10.1. The number of fused-ring (bicyclic) bond motifs is 1. The first kappa shape index (κ1) is 13.1. The zero-order chi connectivity index (χ0) is 13.9. The van der Waals surface area contributed by atoms with Gasteiger partial charge in [-0.3, -0.25) is 4.40 Å². The largest absolute Gasteiger partial charge is 0.494 e. The van der Waals surface area contributed by atoms with Crippen molar-refractivity contribution in [1.29, 1.82) is 0 Å². The highest BCUT2D eigenvalue weighted by molar-refractivity contribution is 7.15. The average Bonchev–Trinajstić information content (AvgIpc) is 3.03. The minimum atomic E-state index is 0.619. The molecule has 0 atom stereocenters. The van der Waals surface area contributed by atoms with E-state index in [0.717, 1.165) is 28.4 Å². The van der Waals surface area contributed by atoms with E-state index in [-0.39, 0.29) is 0 Å². The summed E-state index contributed by atoms with van der Waals surface area (Å²) in [5.41, 5.74) is 9.03. The summed E-state index contributed by atoms with van der Waals surface area (Å²) in [5.74, 6) is 0.887. The molecule has 0 unspecified atom stereocenters. The summed E-state index contributed by atoms with van der Waals surface area (Å²) in [6.07, 6.45) is 2.87. The predicted octanol–water partition coefficient (Wildman–Crippen LogP) is 2.96. The van der Waals surface area contributed by atoms with Gasteiger partial charge in [0, 0.05) is 23.6 Å². The zero-order valence-corrected chi connectivity index (χ0v) is 12.2. The molecule has 2 N–H and O–H groups in total. The molecule has 104 valence electrons. The van der Waals surface area contributed by atoms with Crippen molar-refractivity contribution in [1.82, 2.24) is 9.38 Å². The molecule has 20 heavy (non-hydrogen) atoms. The number of nitrogens with zero attached hydrogens (tertiary/aromatic N) is 2. The molecular weight excluding hydrogens is 270 g/mol. The minimum Gasteiger partial charge on any atom is -0.494 e. The Labute approximate surface area is 121 Å². The normalized spacial score (nSPS) is 11.1. The quantitative estimate of drug-likeness (QED) is 0.785. The number of rotatable bonds is 5. The Bertz CT molecular complexity index is 700. The van der Waals surface area contributed by atoms with E-state index in [1.165, 1.54) is 5.69 Å². The maximum absolute atomic E-state index is 5.73. The van der Waals surface area contributed by atoms with E-state index in [2.05, 4.69) is 22.7 Å². The highest BCUT2D eigenvalue weighted by Crippen LogP contribution is 2.28. The van der Waals surface area contributed by atoms with Crippen LogP contribution in [0.4, 0.5) is 0 Å². The molecule has 0 aliphatic heterocycles. The number of hydrogen-bond acceptors (Lipinski definition) is 4.